The van der Waals surface area contributed by atoms with Crippen LogP contribution in [0.2, 0.25) is 5.02 Å². The minimum absolute atomic E-state index is 0.0201. The van der Waals surface area contributed by atoms with Gasteiger partial charge >= 0.3 is 0 Å². The Morgan fingerprint density at radius 2 is 2.03 bits per heavy atom. The van der Waals surface area contributed by atoms with E-state index < -0.39 is 5.82 Å². The molecule has 1 aromatic carbocycles. The van der Waals surface area contributed by atoms with Gasteiger partial charge in [-0.25, -0.2) is 14.4 Å². The Bertz CT molecular complexity index is 1190. The molecule has 30 heavy (non-hydrogen) atoms. The zero-order valence-corrected chi connectivity index (χ0v) is 17.2. The molecule has 0 saturated carbocycles. The van der Waals surface area contributed by atoms with Gasteiger partial charge in [0.05, 0.1) is 29.1 Å². The van der Waals surface area contributed by atoms with E-state index in [1.807, 2.05) is 6.20 Å². The normalized spacial score (nSPS) is 15.8. The lowest BCUT2D eigenvalue weighted by Crippen LogP contribution is -2.31. The molecule has 0 bridgehead atoms. The average Bonchev–Trinajstić information content (AvgIpc) is 3.38. The van der Waals surface area contributed by atoms with Crippen LogP contribution >= 0.6 is 11.6 Å². The van der Waals surface area contributed by atoms with Gasteiger partial charge in [-0.1, -0.05) is 16.8 Å². The summed E-state index contributed by atoms with van der Waals surface area (Å²) in [5.74, 6) is 0.156. The minimum atomic E-state index is -0.484. The van der Waals surface area contributed by atoms with Crippen LogP contribution in [0.1, 0.15) is 30.3 Å². The third kappa shape index (κ3) is 3.66. The van der Waals surface area contributed by atoms with Crippen LogP contribution in [-0.2, 0) is 6.42 Å². The summed E-state index contributed by atoms with van der Waals surface area (Å²) >= 11 is 5.91. The molecule has 4 aromatic rings. The van der Waals surface area contributed by atoms with E-state index in [-0.39, 0.29) is 5.02 Å². The first-order chi connectivity index (χ1) is 14.6. The SMILES string of the molecule is CN1CCC(n2cc(Cc3ncc4nnn(-c5ccc(F)c(Cl)c5)c4n3)cn2)CC1. The van der Waals surface area contributed by atoms with Crippen LogP contribution in [0.3, 0.4) is 0 Å². The molecule has 0 aliphatic carbocycles. The number of benzene rings is 1. The Hall–Kier alpha value is -2.91. The quantitative estimate of drug-likeness (QED) is 0.499. The predicted molar refractivity (Wildman–Crippen MR) is 110 cm³/mol. The zero-order chi connectivity index (χ0) is 20.7. The van der Waals surface area contributed by atoms with Gasteiger partial charge in [0.25, 0.3) is 0 Å². The van der Waals surface area contributed by atoms with Crippen LogP contribution in [0.4, 0.5) is 4.39 Å². The Balaban J connectivity index is 1.40. The van der Waals surface area contributed by atoms with E-state index >= 15 is 0 Å². The molecule has 154 valence electrons. The maximum Gasteiger partial charge on any atom is 0.187 e. The first-order valence-corrected chi connectivity index (χ1v) is 10.2. The van der Waals surface area contributed by atoms with Gasteiger partial charge in [0, 0.05) is 12.6 Å². The molecule has 0 spiro atoms. The van der Waals surface area contributed by atoms with E-state index in [2.05, 4.69) is 48.2 Å². The fourth-order valence-electron chi connectivity index (χ4n) is 3.75. The largest absolute Gasteiger partial charge is 0.306 e. The number of nitrogens with zero attached hydrogens (tertiary/aromatic N) is 8. The Labute approximate surface area is 177 Å². The third-order valence-electron chi connectivity index (χ3n) is 5.47. The summed E-state index contributed by atoms with van der Waals surface area (Å²) in [6.07, 6.45) is 8.36. The van der Waals surface area contributed by atoms with Gasteiger partial charge in [-0.05, 0) is 56.7 Å². The summed E-state index contributed by atoms with van der Waals surface area (Å²) in [4.78, 5) is 11.4. The van der Waals surface area contributed by atoms with Crippen LogP contribution in [0.15, 0.2) is 36.8 Å². The molecule has 0 radical (unpaired) electrons. The van der Waals surface area contributed by atoms with Gasteiger partial charge in [-0.3, -0.25) is 4.68 Å². The standard InChI is InChI=1S/C20H20ClFN8/c1-28-6-4-14(5-7-28)29-12-13(10-24-29)8-19-23-11-18-20(25-19)30(27-26-18)15-2-3-17(22)16(21)9-15/h2-3,9-12,14H,4-8H2,1H3. The highest BCUT2D eigenvalue weighted by atomic mass is 35.5. The average molecular weight is 427 g/mol. The molecule has 10 heteroatoms. The van der Waals surface area contributed by atoms with Crippen molar-refractivity contribution in [1.82, 2.24) is 39.6 Å². The molecule has 5 rings (SSSR count). The topological polar surface area (TPSA) is 77.5 Å². The summed E-state index contributed by atoms with van der Waals surface area (Å²) in [6, 6.07) is 4.82. The molecule has 4 heterocycles. The fraction of sp³-hybridized carbons (Fsp3) is 0.350. The number of likely N-dealkylation sites (tertiary alicyclic amines) is 1. The summed E-state index contributed by atoms with van der Waals surface area (Å²) in [7, 11) is 2.15. The predicted octanol–water partition coefficient (Wildman–Crippen LogP) is 3.06. The highest BCUT2D eigenvalue weighted by Crippen LogP contribution is 2.23. The van der Waals surface area contributed by atoms with Crippen molar-refractivity contribution in [2.24, 2.45) is 0 Å². The van der Waals surface area contributed by atoms with Crippen molar-refractivity contribution < 1.29 is 4.39 Å². The smallest absolute Gasteiger partial charge is 0.187 e. The first-order valence-electron chi connectivity index (χ1n) is 9.81. The molecule has 1 aliphatic heterocycles. The van der Waals surface area contributed by atoms with Crippen molar-refractivity contribution in [2.45, 2.75) is 25.3 Å². The fourth-order valence-corrected chi connectivity index (χ4v) is 3.92. The minimum Gasteiger partial charge on any atom is -0.306 e. The Kier molecular flexibility index (Phi) is 4.92. The van der Waals surface area contributed by atoms with Crippen LogP contribution in [0.5, 0.6) is 0 Å². The molecule has 1 saturated heterocycles. The number of piperidine rings is 1. The van der Waals surface area contributed by atoms with E-state index in [9.17, 15) is 4.39 Å². The summed E-state index contributed by atoms with van der Waals surface area (Å²) in [5.41, 5.74) is 2.74. The van der Waals surface area contributed by atoms with E-state index in [0.29, 0.717) is 35.1 Å². The van der Waals surface area contributed by atoms with Gasteiger partial charge in [0.1, 0.15) is 11.6 Å². The highest BCUT2D eigenvalue weighted by Gasteiger charge is 2.19. The van der Waals surface area contributed by atoms with Crippen molar-refractivity contribution in [3.8, 4) is 5.69 Å². The number of aromatic nitrogens is 7. The van der Waals surface area contributed by atoms with Gasteiger partial charge in [-0.15, -0.1) is 5.10 Å². The van der Waals surface area contributed by atoms with Gasteiger partial charge < -0.3 is 4.90 Å². The second-order valence-corrected chi connectivity index (χ2v) is 8.04. The monoisotopic (exact) mass is 426 g/mol. The lowest BCUT2D eigenvalue weighted by Gasteiger charge is -2.28. The first kappa shape index (κ1) is 19.1. The zero-order valence-electron chi connectivity index (χ0n) is 16.4. The van der Waals surface area contributed by atoms with E-state index in [0.717, 1.165) is 31.5 Å². The Morgan fingerprint density at radius 1 is 1.20 bits per heavy atom. The lowest BCUT2D eigenvalue weighted by molar-refractivity contribution is 0.212. The second-order valence-electron chi connectivity index (χ2n) is 7.63. The second kappa shape index (κ2) is 7.73. The molecule has 3 aromatic heterocycles. The van der Waals surface area contributed by atoms with Crippen molar-refractivity contribution >= 4 is 22.8 Å². The van der Waals surface area contributed by atoms with Crippen molar-refractivity contribution in [2.75, 3.05) is 20.1 Å². The van der Waals surface area contributed by atoms with Gasteiger partial charge in [-0.2, -0.15) is 9.78 Å². The van der Waals surface area contributed by atoms with Crippen LogP contribution in [-0.4, -0.2) is 59.8 Å². The molecular formula is C20H20ClFN8. The van der Waals surface area contributed by atoms with Crippen LogP contribution < -0.4 is 0 Å². The Morgan fingerprint density at radius 3 is 2.83 bits per heavy atom. The van der Waals surface area contributed by atoms with E-state index in [1.54, 1.807) is 12.3 Å². The lowest BCUT2D eigenvalue weighted by atomic mass is 10.1. The summed E-state index contributed by atoms with van der Waals surface area (Å²) in [6.45, 7) is 2.17. The molecule has 0 unspecified atom stereocenters. The molecule has 8 nitrogen and oxygen atoms in total. The number of hydrogen-bond acceptors (Lipinski definition) is 6. The van der Waals surface area contributed by atoms with Gasteiger partial charge in [0.2, 0.25) is 0 Å². The van der Waals surface area contributed by atoms with Crippen LogP contribution in [0, 0.1) is 5.82 Å². The molecule has 1 fully saturated rings. The summed E-state index contributed by atoms with van der Waals surface area (Å²) in [5, 5.41) is 12.8. The number of hydrogen-bond donors (Lipinski definition) is 0. The molecular weight excluding hydrogens is 407 g/mol. The van der Waals surface area contributed by atoms with Crippen molar-refractivity contribution in [1.29, 1.82) is 0 Å². The maximum atomic E-state index is 13.5. The maximum absolute atomic E-state index is 13.5. The molecule has 0 atom stereocenters. The van der Waals surface area contributed by atoms with Crippen molar-refractivity contribution in [3.63, 3.8) is 0 Å². The van der Waals surface area contributed by atoms with Crippen molar-refractivity contribution in [3.05, 3.63) is 59.0 Å². The number of rotatable bonds is 4. The third-order valence-corrected chi connectivity index (χ3v) is 5.76. The van der Waals surface area contributed by atoms with E-state index in [4.69, 9.17) is 11.6 Å². The van der Waals surface area contributed by atoms with Crippen LogP contribution in [0.25, 0.3) is 16.9 Å². The molecule has 0 amide bonds. The number of halogens is 2. The molecule has 0 N–H and O–H groups in total. The highest BCUT2D eigenvalue weighted by molar-refractivity contribution is 6.30. The van der Waals surface area contributed by atoms with Gasteiger partial charge in [0.15, 0.2) is 11.2 Å². The van der Waals surface area contributed by atoms with E-state index in [1.165, 1.54) is 16.8 Å². The molecule has 1 aliphatic rings. The number of fused-ring (bicyclic) bond motifs is 1. The summed E-state index contributed by atoms with van der Waals surface area (Å²) < 4.78 is 17.1.